The Kier molecular flexibility index (Phi) is 2.28. The van der Waals surface area contributed by atoms with Crippen molar-refractivity contribution < 1.29 is 4.79 Å². The van der Waals surface area contributed by atoms with E-state index >= 15 is 0 Å². The number of fused-ring (bicyclic) bond motifs is 1. The molecule has 0 aromatic rings. The van der Waals surface area contributed by atoms with Crippen LogP contribution in [0.15, 0.2) is 0 Å². The van der Waals surface area contributed by atoms with E-state index in [1.54, 1.807) is 0 Å². The van der Waals surface area contributed by atoms with Crippen LogP contribution in [-0.2, 0) is 4.79 Å². The molecule has 2 N–H and O–H groups in total. The van der Waals surface area contributed by atoms with Crippen molar-refractivity contribution in [1.82, 2.24) is 4.90 Å². The summed E-state index contributed by atoms with van der Waals surface area (Å²) < 4.78 is 0. The molecule has 0 saturated carbocycles. The van der Waals surface area contributed by atoms with E-state index in [1.807, 2.05) is 4.90 Å². The maximum atomic E-state index is 11.8. The van der Waals surface area contributed by atoms with Crippen LogP contribution in [0.3, 0.4) is 0 Å². The fourth-order valence-corrected chi connectivity index (χ4v) is 2.64. The molecule has 2 rings (SSSR count). The van der Waals surface area contributed by atoms with E-state index in [4.69, 9.17) is 5.73 Å². The highest BCUT2D eigenvalue weighted by Gasteiger charge is 2.37. The highest BCUT2D eigenvalue weighted by Crippen LogP contribution is 2.30. The number of rotatable bonds is 0. The van der Waals surface area contributed by atoms with Gasteiger partial charge in [-0.1, -0.05) is 0 Å². The number of carbonyl (C=O) groups excluding carboxylic acids is 1. The van der Waals surface area contributed by atoms with Crippen molar-refractivity contribution in [3.8, 4) is 0 Å². The van der Waals surface area contributed by atoms with Gasteiger partial charge in [-0.3, -0.25) is 4.79 Å². The number of nitrogens with zero attached hydrogens (tertiary/aromatic N) is 1. The van der Waals surface area contributed by atoms with Gasteiger partial charge in [-0.15, -0.1) is 0 Å². The van der Waals surface area contributed by atoms with Gasteiger partial charge in [0.05, 0.1) is 6.04 Å². The third-order valence-corrected chi connectivity index (χ3v) is 3.41. The largest absolute Gasteiger partial charge is 0.336 e. The zero-order chi connectivity index (χ0) is 9.42. The molecule has 0 aromatic heterocycles. The molecular formula is C10H18N2O. The van der Waals surface area contributed by atoms with Gasteiger partial charge >= 0.3 is 0 Å². The topological polar surface area (TPSA) is 46.3 Å². The first kappa shape index (κ1) is 9.00. The fourth-order valence-electron chi connectivity index (χ4n) is 2.64. The van der Waals surface area contributed by atoms with E-state index < -0.39 is 0 Å². The number of hydrogen-bond donors (Lipinski definition) is 1. The van der Waals surface area contributed by atoms with Crippen molar-refractivity contribution in [3.05, 3.63) is 0 Å². The quantitative estimate of drug-likeness (QED) is 0.604. The average Bonchev–Trinajstić information content (AvgIpc) is 2.39. The maximum absolute atomic E-state index is 11.8. The molecule has 2 aliphatic heterocycles. The molecule has 2 aliphatic rings. The summed E-state index contributed by atoms with van der Waals surface area (Å²) in [5.41, 5.74) is 5.81. The summed E-state index contributed by atoms with van der Waals surface area (Å²) in [6, 6.07) is 0.684. The van der Waals surface area contributed by atoms with E-state index in [-0.39, 0.29) is 11.9 Å². The third-order valence-electron chi connectivity index (χ3n) is 3.41. The summed E-state index contributed by atoms with van der Waals surface area (Å²) in [6.07, 6.45) is 5.48. The molecule has 0 aliphatic carbocycles. The van der Waals surface area contributed by atoms with Crippen molar-refractivity contribution >= 4 is 5.91 Å². The fraction of sp³-hybridized carbons (Fsp3) is 0.900. The lowest BCUT2D eigenvalue weighted by molar-refractivity contribution is -0.134. The first-order valence-corrected chi connectivity index (χ1v) is 5.28. The van der Waals surface area contributed by atoms with Crippen molar-refractivity contribution in [3.63, 3.8) is 0 Å². The molecule has 3 nitrogen and oxygen atoms in total. The molecule has 0 aromatic carbocycles. The molecular weight excluding hydrogens is 164 g/mol. The van der Waals surface area contributed by atoms with Crippen molar-refractivity contribution in [2.24, 2.45) is 5.73 Å². The summed E-state index contributed by atoms with van der Waals surface area (Å²) in [6.45, 7) is 2.13. The number of nitrogens with two attached hydrogens (primary N) is 1. The molecule has 3 unspecified atom stereocenters. The van der Waals surface area contributed by atoms with Crippen LogP contribution in [0.4, 0.5) is 0 Å². The lowest BCUT2D eigenvalue weighted by Gasteiger charge is -2.27. The standard InChI is InChI=1S/C10H18N2O/c1-7-5-6-8-3-2-4-9(11)10(13)12(7)8/h7-9H,2-6,11H2,1H3. The molecule has 0 radical (unpaired) electrons. The highest BCUT2D eigenvalue weighted by molar-refractivity contribution is 5.82. The molecule has 2 saturated heterocycles. The number of hydrogen-bond acceptors (Lipinski definition) is 2. The van der Waals surface area contributed by atoms with E-state index in [0.29, 0.717) is 12.1 Å². The Balaban J connectivity index is 2.18. The van der Waals surface area contributed by atoms with E-state index in [2.05, 4.69) is 6.92 Å². The van der Waals surface area contributed by atoms with Crippen LogP contribution in [0.2, 0.25) is 0 Å². The first-order valence-electron chi connectivity index (χ1n) is 5.28. The molecule has 0 spiro atoms. The van der Waals surface area contributed by atoms with Crippen LogP contribution in [0.25, 0.3) is 0 Å². The minimum atomic E-state index is -0.231. The molecule has 13 heavy (non-hydrogen) atoms. The Morgan fingerprint density at radius 3 is 2.85 bits per heavy atom. The van der Waals surface area contributed by atoms with Gasteiger partial charge in [-0.25, -0.2) is 0 Å². The predicted molar refractivity (Wildman–Crippen MR) is 51.2 cm³/mol. The van der Waals surface area contributed by atoms with Gasteiger partial charge in [0.25, 0.3) is 0 Å². The molecule has 0 bridgehead atoms. The zero-order valence-corrected chi connectivity index (χ0v) is 8.20. The lowest BCUT2D eigenvalue weighted by Crippen LogP contribution is -2.46. The Hall–Kier alpha value is -0.570. The summed E-state index contributed by atoms with van der Waals surface area (Å²) in [4.78, 5) is 13.9. The van der Waals surface area contributed by atoms with Gasteiger partial charge in [-0.2, -0.15) is 0 Å². The molecule has 3 heteroatoms. The molecule has 74 valence electrons. The van der Waals surface area contributed by atoms with Crippen molar-refractivity contribution in [2.75, 3.05) is 0 Å². The minimum absolute atomic E-state index is 0.188. The summed E-state index contributed by atoms with van der Waals surface area (Å²) >= 11 is 0. The van der Waals surface area contributed by atoms with Gasteiger partial charge in [-0.05, 0) is 39.0 Å². The molecule has 2 fully saturated rings. The summed E-state index contributed by atoms with van der Waals surface area (Å²) in [5, 5.41) is 0. The Labute approximate surface area is 79.3 Å². The van der Waals surface area contributed by atoms with Crippen LogP contribution in [0, 0.1) is 0 Å². The second-order valence-corrected chi connectivity index (χ2v) is 4.36. The van der Waals surface area contributed by atoms with Gasteiger partial charge in [0.2, 0.25) is 5.91 Å². The second-order valence-electron chi connectivity index (χ2n) is 4.36. The SMILES string of the molecule is CC1CCC2CCCC(N)C(=O)N12. The van der Waals surface area contributed by atoms with E-state index in [1.165, 1.54) is 6.42 Å². The smallest absolute Gasteiger partial charge is 0.239 e. The van der Waals surface area contributed by atoms with Gasteiger partial charge in [0.1, 0.15) is 0 Å². The number of carbonyl (C=O) groups is 1. The maximum Gasteiger partial charge on any atom is 0.239 e. The Morgan fingerprint density at radius 2 is 2.08 bits per heavy atom. The lowest BCUT2D eigenvalue weighted by atomic mass is 10.1. The third kappa shape index (κ3) is 1.46. The summed E-state index contributed by atoms with van der Waals surface area (Å²) in [5.74, 6) is 0.188. The Bertz CT molecular complexity index is 217. The van der Waals surface area contributed by atoms with Crippen molar-refractivity contribution in [1.29, 1.82) is 0 Å². The van der Waals surface area contributed by atoms with E-state index in [0.717, 1.165) is 25.7 Å². The first-order chi connectivity index (χ1) is 6.20. The minimum Gasteiger partial charge on any atom is -0.336 e. The van der Waals surface area contributed by atoms with Gasteiger partial charge < -0.3 is 10.6 Å². The summed E-state index contributed by atoms with van der Waals surface area (Å²) in [7, 11) is 0. The molecule has 2 heterocycles. The zero-order valence-electron chi connectivity index (χ0n) is 8.20. The van der Waals surface area contributed by atoms with Gasteiger partial charge in [0.15, 0.2) is 0 Å². The number of amides is 1. The van der Waals surface area contributed by atoms with Gasteiger partial charge in [0, 0.05) is 12.1 Å². The van der Waals surface area contributed by atoms with Crippen LogP contribution in [0.1, 0.15) is 39.0 Å². The normalized spacial score (nSPS) is 40.3. The highest BCUT2D eigenvalue weighted by atomic mass is 16.2. The van der Waals surface area contributed by atoms with Crippen LogP contribution < -0.4 is 5.73 Å². The van der Waals surface area contributed by atoms with Crippen LogP contribution >= 0.6 is 0 Å². The molecule has 1 amide bonds. The second kappa shape index (κ2) is 3.29. The predicted octanol–water partition coefficient (Wildman–Crippen LogP) is 0.877. The molecule has 3 atom stereocenters. The van der Waals surface area contributed by atoms with E-state index in [9.17, 15) is 4.79 Å². The van der Waals surface area contributed by atoms with Crippen LogP contribution in [-0.4, -0.2) is 28.9 Å². The van der Waals surface area contributed by atoms with Crippen molar-refractivity contribution in [2.45, 2.75) is 57.2 Å². The Morgan fingerprint density at radius 1 is 1.31 bits per heavy atom. The van der Waals surface area contributed by atoms with Crippen LogP contribution in [0.5, 0.6) is 0 Å². The monoisotopic (exact) mass is 182 g/mol. The average molecular weight is 182 g/mol.